The lowest BCUT2D eigenvalue weighted by atomic mass is 9.62. The number of unbranched alkanes of at least 4 members (excludes halogenated alkanes) is 2. The van der Waals surface area contributed by atoms with Gasteiger partial charge < -0.3 is 10.6 Å². The number of benzene rings is 1. The van der Waals surface area contributed by atoms with Gasteiger partial charge in [0, 0.05) is 22.6 Å². The number of carbonyl (C=O) groups excluding carboxylic acids is 1. The Hall–Kier alpha value is -1.08. The highest BCUT2D eigenvalue weighted by Crippen LogP contribution is 2.56. The summed E-state index contributed by atoms with van der Waals surface area (Å²) in [6.07, 6.45) is -2.00. The summed E-state index contributed by atoms with van der Waals surface area (Å²) in [6.45, 7) is 2.29. The van der Waals surface area contributed by atoms with Gasteiger partial charge in [-0.05, 0) is 50.4 Å². The molecule has 0 heterocycles. The average molecular weight is 421 g/mol. The molecule has 0 aliphatic heterocycles. The number of nitrogens with zero attached hydrogens (tertiary/aromatic N) is 1. The van der Waals surface area contributed by atoms with Crippen LogP contribution in [0.25, 0.3) is 0 Å². The summed E-state index contributed by atoms with van der Waals surface area (Å²) >= 11 is 3.38. The maximum Gasteiger partial charge on any atom is 0.394 e. The molecule has 1 aliphatic rings. The van der Waals surface area contributed by atoms with Crippen molar-refractivity contribution in [2.75, 3.05) is 18.0 Å². The van der Waals surface area contributed by atoms with E-state index < -0.39 is 17.5 Å². The van der Waals surface area contributed by atoms with E-state index >= 15 is 0 Å². The van der Waals surface area contributed by atoms with Crippen molar-refractivity contribution in [3.05, 3.63) is 28.7 Å². The first-order valence-corrected chi connectivity index (χ1v) is 9.31. The van der Waals surface area contributed by atoms with Gasteiger partial charge in [-0.3, -0.25) is 4.79 Å². The number of halogens is 4. The molecule has 1 aromatic rings. The molecule has 0 spiro atoms. The first-order valence-electron chi connectivity index (χ1n) is 8.52. The molecule has 3 nitrogen and oxygen atoms in total. The SMILES string of the molecule is C[C@]1(C(F)(F)F)C[C@H](C(=O)N(CCCCCN)c2cccc(Br)c2)C1. The fourth-order valence-electron chi connectivity index (χ4n) is 3.26. The van der Waals surface area contributed by atoms with Crippen LogP contribution in [0.1, 0.15) is 39.0 Å². The average Bonchev–Trinajstić information content (AvgIpc) is 2.50. The van der Waals surface area contributed by atoms with E-state index in [4.69, 9.17) is 5.73 Å². The van der Waals surface area contributed by atoms with Crippen molar-refractivity contribution in [3.63, 3.8) is 0 Å². The Morgan fingerprint density at radius 1 is 1.32 bits per heavy atom. The van der Waals surface area contributed by atoms with Crippen molar-refractivity contribution in [2.45, 2.75) is 45.2 Å². The van der Waals surface area contributed by atoms with Crippen LogP contribution < -0.4 is 10.6 Å². The third-order valence-electron chi connectivity index (χ3n) is 4.90. The fraction of sp³-hybridized carbons (Fsp3) is 0.611. The van der Waals surface area contributed by atoms with Crippen molar-refractivity contribution < 1.29 is 18.0 Å². The van der Waals surface area contributed by atoms with Gasteiger partial charge in [-0.1, -0.05) is 35.3 Å². The number of anilines is 1. The lowest BCUT2D eigenvalue weighted by Crippen LogP contribution is -2.52. The Balaban J connectivity index is 2.09. The highest BCUT2D eigenvalue weighted by molar-refractivity contribution is 9.10. The van der Waals surface area contributed by atoms with E-state index in [0.29, 0.717) is 18.8 Å². The fourth-order valence-corrected chi connectivity index (χ4v) is 3.64. The van der Waals surface area contributed by atoms with E-state index in [-0.39, 0.29) is 18.7 Å². The Morgan fingerprint density at radius 2 is 2.00 bits per heavy atom. The van der Waals surface area contributed by atoms with E-state index in [0.717, 1.165) is 23.7 Å². The number of hydrogen-bond acceptors (Lipinski definition) is 2. The molecular formula is C18H24BrF3N2O. The molecule has 1 aliphatic carbocycles. The third-order valence-corrected chi connectivity index (χ3v) is 5.39. The van der Waals surface area contributed by atoms with E-state index in [2.05, 4.69) is 15.9 Å². The predicted molar refractivity (Wildman–Crippen MR) is 96.3 cm³/mol. The van der Waals surface area contributed by atoms with Crippen LogP contribution in [-0.4, -0.2) is 25.2 Å². The summed E-state index contributed by atoms with van der Waals surface area (Å²) in [7, 11) is 0. The van der Waals surface area contributed by atoms with Gasteiger partial charge in [-0.15, -0.1) is 0 Å². The molecule has 1 aromatic carbocycles. The first-order chi connectivity index (χ1) is 11.7. The second-order valence-corrected chi connectivity index (χ2v) is 7.90. The molecule has 0 unspecified atom stereocenters. The summed E-state index contributed by atoms with van der Waals surface area (Å²) in [4.78, 5) is 14.5. The minimum atomic E-state index is -4.26. The molecular weight excluding hydrogens is 397 g/mol. The highest BCUT2D eigenvalue weighted by atomic mass is 79.9. The molecule has 25 heavy (non-hydrogen) atoms. The van der Waals surface area contributed by atoms with Crippen LogP contribution in [0.3, 0.4) is 0 Å². The van der Waals surface area contributed by atoms with Crippen molar-refractivity contribution in [3.8, 4) is 0 Å². The highest BCUT2D eigenvalue weighted by Gasteiger charge is 2.60. The number of alkyl halides is 3. The Labute approximate surface area is 154 Å². The summed E-state index contributed by atoms with van der Waals surface area (Å²) in [6, 6.07) is 7.31. The van der Waals surface area contributed by atoms with Gasteiger partial charge in [-0.25, -0.2) is 0 Å². The second-order valence-electron chi connectivity index (χ2n) is 6.98. The standard InChI is InChI=1S/C18H24BrF3N2O/c1-17(18(20,21)22)11-13(12-17)16(25)24(9-4-2-3-8-23)15-7-5-6-14(19)10-15/h5-7,10,13H,2-4,8-9,11-12,23H2,1H3/t13-,17-. The molecule has 2 N–H and O–H groups in total. The minimum absolute atomic E-state index is 0.136. The first kappa shape index (κ1) is 20.2. The predicted octanol–water partition coefficient (Wildman–Crippen LogP) is 4.89. The molecule has 0 aromatic heterocycles. The normalized spacial score (nSPS) is 23.2. The van der Waals surface area contributed by atoms with E-state index in [1.54, 1.807) is 4.90 Å². The van der Waals surface area contributed by atoms with E-state index in [9.17, 15) is 18.0 Å². The smallest absolute Gasteiger partial charge is 0.330 e. The molecule has 140 valence electrons. The monoisotopic (exact) mass is 420 g/mol. The molecule has 1 amide bonds. The van der Waals surface area contributed by atoms with Crippen LogP contribution in [0.2, 0.25) is 0 Å². The number of amides is 1. The third kappa shape index (κ3) is 4.76. The topological polar surface area (TPSA) is 46.3 Å². The molecule has 7 heteroatoms. The van der Waals surface area contributed by atoms with Gasteiger partial charge in [0.2, 0.25) is 5.91 Å². The minimum Gasteiger partial charge on any atom is -0.330 e. The Bertz CT molecular complexity index is 600. The molecule has 0 bridgehead atoms. The molecule has 1 saturated carbocycles. The molecule has 0 saturated heterocycles. The maximum absolute atomic E-state index is 13.0. The van der Waals surface area contributed by atoms with Crippen LogP contribution in [0.4, 0.5) is 18.9 Å². The van der Waals surface area contributed by atoms with Gasteiger partial charge in [0.05, 0.1) is 5.41 Å². The van der Waals surface area contributed by atoms with Crippen LogP contribution in [0.5, 0.6) is 0 Å². The summed E-state index contributed by atoms with van der Waals surface area (Å²) in [5.41, 5.74) is 4.47. The van der Waals surface area contributed by atoms with Gasteiger partial charge in [0.25, 0.3) is 0 Å². The maximum atomic E-state index is 13.0. The zero-order valence-corrected chi connectivity index (χ0v) is 15.9. The zero-order chi connectivity index (χ0) is 18.7. The largest absolute Gasteiger partial charge is 0.394 e. The number of rotatable bonds is 7. The van der Waals surface area contributed by atoms with Gasteiger partial charge in [-0.2, -0.15) is 13.2 Å². The van der Waals surface area contributed by atoms with Crippen molar-refractivity contribution in [2.24, 2.45) is 17.1 Å². The molecule has 0 atom stereocenters. The number of hydrogen-bond donors (Lipinski definition) is 1. The van der Waals surface area contributed by atoms with Crippen LogP contribution >= 0.6 is 15.9 Å². The van der Waals surface area contributed by atoms with Gasteiger partial charge >= 0.3 is 6.18 Å². The van der Waals surface area contributed by atoms with E-state index in [1.807, 2.05) is 24.3 Å². The number of carbonyl (C=O) groups is 1. The Kier molecular flexibility index (Phi) is 6.54. The summed E-state index contributed by atoms with van der Waals surface area (Å²) < 4.78 is 40.0. The zero-order valence-electron chi connectivity index (χ0n) is 14.3. The quantitative estimate of drug-likeness (QED) is 0.638. The molecule has 1 fully saturated rings. The van der Waals surface area contributed by atoms with Crippen molar-refractivity contribution >= 4 is 27.5 Å². The van der Waals surface area contributed by atoms with Crippen molar-refractivity contribution in [1.29, 1.82) is 0 Å². The van der Waals surface area contributed by atoms with Crippen LogP contribution in [0, 0.1) is 11.3 Å². The summed E-state index contributed by atoms with van der Waals surface area (Å²) in [5, 5.41) is 0. The summed E-state index contributed by atoms with van der Waals surface area (Å²) in [5.74, 6) is -0.785. The Morgan fingerprint density at radius 3 is 2.56 bits per heavy atom. The second kappa shape index (κ2) is 8.08. The lowest BCUT2D eigenvalue weighted by Gasteiger charge is -2.46. The molecule has 2 rings (SSSR count). The van der Waals surface area contributed by atoms with Gasteiger partial charge in [0.1, 0.15) is 0 Å². The van der Waals surface area contributed by atoms with Crippen LogP contribution in [-0.2, 0) is 4.79 Å². The van der Waals surface area contributed by atoms with E-state index in [1.165, 1.54) is 6.92 Å². The van der Waals surface area contributed by atoms with Gasteiger partial charge in [0.15, 0.2) is 0 Å². The van der Waals surface area contributed by atoms with Crippen molar-refractivity contribution in [1.82, 2.24) is 0 Å². The lowest BCUT2D eigenvalue weighted by molar-refractivity contribution is -0.253. The molecule has 0 radical (unpaired) electrons. The number of nitrogens with two attached hydrogens (primary N) is 1. The van der Waals surface area contributed by atoms with Crippen LogP contribution in [0.15, 0.2) is 28.7 Å².